The first-order valence-electron chi connectivity index (χ1n) is 12.2. The van der Waals surface area contributed by atoms with Crippen LogP contribution in [0.15, 0.2) is 54.7 Å². The van der Waals surface area contributed by atoms with E-state index in [0.29, 0.717) is 35.6 Å². The second-order valence-corrected chi connectivity index (χ2v) is 9.64. The molecule has 9 heteroatoms. The van der Waals surface area contributed by atoms with Crippen molar-refractivity contribution in [3.63, 3.8) is 0 Å². The molecule has 0 spiro atoms. The Bertz CT molecular complexity index is 1230. The average molecular weight is 509 g/mol. The summed E-state index contributed by atoms with van der Waals surface area (Å²) in [5.41, 5.74) is 2.32. The van der Waals surface area contributed by atoms with E-state index in [0.717, 1.165) is 36.9 Å². The molecular weight excluding hydrogens is 480 g/mol. The standard InChI is InChI=1S/C27H29ClN4O4/c1-35-22-5-2-4-21(14-22)32-16-24(18-9-11-20(28)12-10-18)29-27(32)30-25(33)17-31(26(34)19-7-8-19)15-23-6-3-13-36-23/h2,4-5,9-12,14,16,19,23H,3,6-8,13,15,17H2,1H3,(H,29,30,33). The maximum absolute atomic E-state index is 13.2. The van der Waals surface area contributed by atoms with Gasteiger partial charge in [-0.25, -0.2) is 4.98 Å². The third kappa shape index (κ3) is 5.71. The fourth-order valence-electron chi connectivity index (χ4n) is 4.38. The van der Waals surface area contributed by atoms with Gasteiger partial charge in [0.2, 0.25) is 17.8 Å². The van der Waals surface area contributed by atoms with Gasteiger partial charge in [-0.05, 0) is 49.9 Å². The molecule has 2 aromatic carbocycles. The predicted octanol–water partition coefficient (Wildman–Crippen LogP) is 4.56. The Balaban J connectivity index is 1.40. The van der Waals surface area contributed by atoms with Crippen LogP contribution in [0.25, 0.3) is 16.9 Å². The number of halogens is 1. The number of carbonyl (C=O) groups is 2. The largest absolute Gasteiger partial charge is 0.497 e. The van der Waals surface area contributed by atoms with E-state index >= 15 is 0 Å². The number of aromatic nitrogens is 2. The molecule has 0 radical (unpaired) electrons. The molecule has 1 unspecified atom stereocenters. The summed E-state index contributed by atoms with van der Waals surface area (Å²) in [7, 11) is 1.61. The Morgan fingerprint density at radius 2 is 2.00 bits per heavy atom. The fourth-order valence-corrected chi connectivity index (χ4v) is 4.50. The summed E-state index contributed by atoms with van der Waals surface area (Å²) in [6, 6.07) is 14.9. The second kappa shape index (κ2) is 10.7. The van der Waals surface area contributed by atoms with Gasteiger partial charge in [0.15, 0.2) is 0 Å². The number of imidazole rings is 1. The summed E-state index contributed by atoms with van der Waals surface area (Å²) in [6.07, 6.45) is 5.48. The van der Waals surface area contributed by atoms with Crippen LogP contribution in [-0.2, 0) is 14.3 Å². The van der Waals surface area contributed by atoms with Crippen LogP contribution in [0.4, 0.5) is 5.95 Å². The van der Waals surface area contributed by atoms with E-state index in [1.54, 1.807) is 28.7 Å². The van der Waals surface area contributed by atoms with Crippen molar-refractivity contribution in [3.8, 4) is 22.7 Å². The van der Waals surface area contributed by atoms with Gasteiger partial charge in [-0.15, -0.1) is 0 Å². The number of methoxy groups -OCH3 is 1. The Kier molecular flexibility index (Phi) is 7.25. The maximum Gasteiger partial charge on any atom is 0.246 e. The van der Waals surface area contributed by atoms with Crippen molar-refractivity contribution in [1.29, 1.82) is 0 Å². The van der Waals surface area contributed by atoms with E-state index in [4.69, 9.17) is 26.1 Å². The monoisotopic (exact) mass is 508 g/mol. The molecule has 1 N–H and O–H groups in total. The van der Waals surface area contributed by atoms with Crippen molar-refractivity contribution in [3.05, 3.63) is 59.8 Å². The van der Waals surface area contributed by atoms with Crippen LogP contribution in [0, 0.1) is 5.92 Å². The van der Waals surface area contributed by atoms with Crippen molar-refractivity contribution in [2.75, 3.05) is 32.1 Å². The van der Waals surface area contributed by atoms with Gasteiger partial charge >= 0.3 is 0 Å². The summed E-state index contributed by atoms with van der Waals surface area (Å²) in [4.78, 5) is 32.4. The molecule has 2 aliphatic rings. The van der Waals surface area contributed by atoms with E-state index in [-0.39, 0.29) is 30.4 Å². The number of benzene rings is 2. The highest BCUT2D eigenvalue weighted by Gasteiger charge is 2.35. The first kappa shape index (κ1) is 24.3. The predicted molar refractivity (Wildman–Crippen MR) is 137 cm³/mol. The second-order valence-electron chi connectivity index (χ2n) is 9.20. The Labute approximate surface area is 215 Å². The smallest absolute Gasteiger partial charge is 0.246 e. The number of hydrogen-bond acceptors (Lipinski definition) is 5. The molecule has 0 bridgehead atoms. The first-order chi connectivity index (χ1) is 17.5. The highest BCUT2D eigenvalue weighted by molar-refractivity contribution is 6.30. The van der Waals surface area contributed by atoms with Crippen LogP contribution in [0.1, 0.15) is 25.7 Å². The third-order valence-electron chi connectivity index (χ3n) is 6.45. The molecular formula is C27H29ClN4O4. The molecule has 5 rings (SSSR count). The lowest BCUT2D eigenvalue weighted by molar-refractivity contribution is -0.137. The molecule has 1 saturated carbocycles. The SMILES string of the molecule is COc1cccc(-n2cc(-c3ccc(Cl)cc3)nc2NC(=O)CN(CC2CCCO2)C(=O)C2CC2)c1. The molecule has 1 aliphatic carbocycles. The van der Waals surface area contributed by atoms with Gasteiger partial charge in [0.1, 0.15) is 12.3 Å². The Morgan fingerprint density at radius 3 is 2.69 bits per heavy atom. The molecule has 36 heavy (non-hydrogen) atoms. The van der Waals surface area contributed by atoms with E-state index in [2.05, 4.69) is 5.32 Å². The van der Waals surface area contributed by atoms with Crippen LogP contribution in [0.5, 0.6) is 5.75 Å². The van der Waals surface area contributed by atoms with Crippen LogP contribution in [-0.4, -0.2) is 59.2 Å². The number of carbonyl (C=O) groups excluding carboxylic acids is 2. The van der Waals surface area contributed by atoms with Gasteiger partial charge in [0, 0.05) is 41.9 Å². The number of nitrogens with one attached hydrogen (secondary N) is 1. The average Bonchev–Trinajstić information content (AvgIpc) is 3.46. The lowest BCUT2D eigenvalue weighted by Crippen LogP contribution is -2.43. The minimum atomic E-state index is -0.306. The lowest BCUT2D eigenvalue weighted by Gasteiger charge is -2.25. The van der Waals surface area contributed by atoms with Gasteiger partial charge < -0.3 is 14.4 Å². The van der Waals surface area contributed by atoms with Crippen LogP contribution in [0.2, 0.25) is 5.02 Å². The normalized spacial score (nSPS) is 17.1. The molecule has 1 aliphatic heterocycles. The number of ether oxygens (including phenoxy) is 2. The fraction of sp³-hybridized carbons (Fsp3) is 0.370. The van der Waals surface area contributed by atoms with Crippen molar-refractivity contribution in [2.24, 2.45) is 5.92 Å². The zero-order chi connectivity index (χ0) is 25.1. The van der Waals surface area contributed by atoms with Crippen molar-refractivity contribution in [1.82, 2.24) is 14.5 Å². The minimum absolute atomic E-state index is 0.0178. The number of hydrogen-bond donors (Lipinski definition) is 1. The lowest BCUT2D eigenvalue weighted by atomic mass is 10.2. The molecule has 1 atom stereocenters. The van der Waals surface area contributed by atoms with E-state index < -0.39 is 0 Å². The minimum Gasteiger partial charge on any atom is -0.497 e. The summed E-state index contributed by atoms with van der Waals surface area (Å²) >= 11 is 6.06. The third-order valence-corrected chi connectivity index (χ3v) is 6.70. The molecule has 188 valence electrons. The summed E-state index contributed by atoms with van der Waals surface area (Å²) < 4.78 is 12.9. The molecule has 2 fully saturated rings. The van der Waals surface area contributed by atoms with Crippen LogP contribution in [0.3, 0.4) is 0 Å². The highest BCUT2D eigenvalue weighted by Crippen LogP contribution is 2.32. The first-order valence-corrected chi connectivity index (χ1v) is 12.6. The van der Waals surface area contributed by atoms with Gasteiger partial charge in [0.05, 0.1) is 24.6 Å². The summed E-state index contributed by atoms with van der Waals surface area (Å²) in [5, 5.41) is 3.56. The number of amides is 2. The molecule has 2 amide bonds. The summed E-state index contributed by atoms with van der Waals surface area (Å²) in [5.74, 6) is 0.783. The molecule has 1 aromatic heterocycles. The van der Waals surface area contributed by atoms with Crippen LogP contribution >= 0.6 is 11.6 Å². The molecule has 8 nitrogen and oxygen atoms in total. The summed E-state index contributed by atoms with van der Waals surface area (Å²) in [6.45, 7) is 1.09. The van der Waals surface area contributed by atoms with E-state index in [1.807, 2.05) is 42.6 Å². The van der Waals surface area contributed by atoms with Crippen molar-refractivity contribution in [2.45, 2.75) is 31.8 Å². The van der Waals surface area contributed by atoms with E-state index in [9.17, 15) is 9.59 Å². The molecule has 3 aromatic rings. The number of nitrogens with zero attached hydrogens (tertiary/aromatic N) is 3. The van der Waals surface area contributed by atoms with Gasteiger partial charge in [-0.3, -0.25) is 19.5 Å². The topological polar surface area (TPSA) is 85.7 Å². The van der Waals surface area contributed by atoms with Crippen molar-refractivity contribution < 1.29 is 19.1 Å². The molecule has 1 saturated heterocycles. The zero-order valence-corrected chi connectivity index (χ0v) is 20.9. The highest BCUT2D eigenvalue weighted by atomic mass is 35.5. The van der Waals surface area contributed by atoms with Gasteiger partial charge in [0.25, 0.3) is 0 Å². The Morgan fingerprint density at radius 1 is 1.19 bits per heavy atom. The van der Waals surface area contributed by atoms with Gasteiger partial charge in [-0.2, -0.15) is 0 Å². The number of anilines is 1. The van der Waals surface area contributed by atoms with E-state index in [1.165, 1.54) is 0 Å². The zero-order valence-electron chi connectivity index (χ0n) is 20.2. The Hall–Kier alpha value is -3.36. The quantitative estimate of drug-likeness (QED) is 0.458. The van der Waals surface area contributed by atoms with Crippen LogP contribution < -0.4 is 10.1 Å². The van der Waals surface area contributed by atoms with Gasteiger partial charge in [-0.1, -0.05) is 29.8 Å². The number of rotatable bonds is 9. The van der Waals surface area contributed by atoms with Crippen molar-refractivity contribution >= 4 is 29.4 Å². The molecule has 2 heterocycles. The maximum atomic E-state index is 13.2.